The zero-order valence-corrected chi connectivity index (χ0v) is 12.8. The second-order valence-corrected chi connectivity index (χ2v) is 10.5. The molecule has 16 heavy (non-hydrogen) atoms. The average Bonchev–Trinajstić information content (AvgIpc) is 2.14. The average molecular weight is 372 g/mol. The van der Waals surface area contributed by atoms with Crippen LogP contribution in [0.5, 0.6) is 0 Å². The summed E-state index contributed by atoms with van der Waals surface area (Å²) in [5.74, 6) is 0. The fraction of sp³-hybridized carbons (Fsp3) is 0.400. The Morgan fingerprint density at radius 3 is 2.38 bits per heavy atom. The summed E-state index contributed by atoms with van der Waals surface area (Å²) in [6.07, 6.45) is -0.127. The molecular weight excluding hydrogens is 360 g/mol. The Bertz CT molecular complexity index is 483. The minimum Gasteiger partial charge on any atom is -0.385 e. The lowest BCUT2D eigenvalue weighted by molar-refractivity contribution is 0.189. The van der Waals surface area contributed by atoms with E-state index in [2.05, 4.69) is 31.9 Å². The minimum absolute atomic E-state index is 0.541. The van der Waals surface area contributed by atoms with Crippen LogP contribution in [0.4, 0.5) is 0 Å². The molecular formula is C10H12Br2O3S. The Labute approximate surface area is 112 Å². The highest BCUT2D eigenvalue weighted by atomic mass is 79.9. The number of hydrogen-bond acceptors (Lipinski definition) is 3. The van der Waals surface area contributed by atoms with Crippen molar-refractivity contribution in [3.8, 4) is 0 Å². The number of halogens is 2. The molecule has 0 amide bonds. The molecule has 0 unspecified atom stereocenters. The summed E-state index contributed by atoms with van der Waals surface area (Å²) < 4.78 is 21.4. The first-order valence-corrected chi connectivity index (χ1v) is 7.96. The molecule has 0 radical (unpaired) electrons. The Kier molecular flexibility index (Phi) is 4.21. The topological polar surface area (TPSA) is 54.4 Å². The van der Waals surface area contributed by atoms with Crippen LogP contribution in [-0.2, 0) is 9.84 Å². The molecule has 0 aliphatic rings. The molecule has 0 bridgehead atoms. The highest BCUT2D eigenvalue weighted by Crippen LogP contribution is 2.43. The van der Waals surface area contributed by atoms with Crippen molar-refractivity contribution in [1.29, 1.82) is 0 Å². The van der Waals surface area contributed by atoms with Gasteiger partial charge in [0.2, 0.25) is 2.57 Å². The quantitative estimate of drug-likeness (QED) is 0.830. The number of aryl methyl sites for hydroxylation is 1. The lowest BCUT2D eigenvalue weighted by Crippen LogP contribution is -2.31. The number of aliphatic hydroxyl groups is 1. The lowest BCUT2D eigenvalue weighted by atomic mass is 10.1. The molecule has 1 aromatic rings. The monoisotopic (exact) mass is 370 g/mol. The maximum Gasteiger partial charge on any atom is 0.210 e. The molecule has 3 nitrogen and oxygen atoms in total. The molecule has 0 aliphatic carbocycles. The van der Waals surface area contributed by atoms with E-state index in [1.807, 2.05) is 13.0 Å². The first-order valence-electron chi connectivity index (χ1n) is 4.48. The van der Waals surface area contributed by atoms with Crippen molar-refractivity contribution in [3.05, 3.63) is 35.4 Å². The van der Waals surface area contributed by atoms with Crippen molar-refractivity contribution < 1.29 is 13.5 Å². The largest absolute Gasteiger partial charge is 0.385 e. The molecule has 0 fully saturated rings. The lowest BCUT2D eigenvalue weighted by Gasteiger charge is -2.25. The maximum absolute atomic E-state index is 11.5. The number of alkyl halides is 2. The molecule has 0 aromatic heterocycles. The zero-order chi connectivity index (χ0) is 12.6. The predicted molar refractivity (Wildman–Crippen MR) is 71.6 cm³/mol. The van der Waals surface area contributed by atoms with Gasteiger partial charge >= 0.3 is 0 Å². The smallest absolute Gasteiger partial charge is 0.210 e. The summed E-state index contributed by atoms with van der Waals surface area (Å²) in [5.41, 5.74) is 1.50. The van der Waals surface area contributed by atoms with Gasteiger partial charge in [-0.2, -0.15) is 0 Å². The Morgan fingerprint density at radius 2 is 1.94 bits per heavy atom. The maximum atomic E-state index is 11.5. The van der Waals surface area contributed by atoms with Crippen LogP contribution in [0, 0.1) is 6.92 Å². The van der Waals surface area contributed by atoms with Gasteiger partial charge in [-0.05, 0) is 12.5 Å². The summed E-state index contributed by atoms with van der Waals surface area (Å²) in [5, 5.41) is 10.0. The fourth-order valence-corrected chi connectivity index (χ4v) is 2.31. The molecule has 1 aromatic carbocycles. The predicted octanol–water partition coefficient (Wildman–Crippen LogP) is 2.52. The summed E-state index contributed by atoms with van der Waals surface area (Å²) in [6, 6.07) is 7.07. The van der Waals surface area contributed by atoms with E-state index in [9.17, 15) is 13.5 Å². The van der Waals surface area contributed by atoms with Gasteiger partial charge in [0.05, 0.1) is 0 Å². The van der Waals surface area contributed by atoms with Crippen molar-refractivity contribution in [2.45, 2.75) is 15.6 Å². The molecule has 1 N–H and O–H groups in total. The molecule has 0 aliphatic heterocycles. The molecule has 1 rings (SSSR count). The van der Waals surface area contributed by atoms with Crippen LogP contribution in [0.25, 0.3) is 0 Å². The zero-order valence-electron chi connectivity index (χ0n) is 8.81. The Balaban J connectivity index is 3.17. The number of aliphatic hydroxyl groups excluding tert-OH is 1. The minimum atomic E-state index is -3.48. The third kappa shape index (κ3) is 2.85. The van der Waals surface area contributed by atoms with Crippen LogP contribution in [0.2, 0.25) is 0 Å². The standard InChI is InChI=1S/C10H12Br2O3S/c1-7-4-3-5-8(6-7)9(13)10(11,12)16(2,14)15/h3-6,9,13H,1-2H3/t9-/m0/s1. The number of rotatable bonds is 3. The van der Waals surface area contributed by atoms with Gasteiger partial charge in [0.15, 0.2) is 9.84 Å². The number of hydrogen-bond donors (Lipinski definition) is 1. The highest BCUT2D eigenvalue weighted by molar-refractivity contribution is 9.27. The first kappa shape index (κ1) is 14.2. The van der Waals surface area contributed by atoms with Crippen molar-refractivity contribution >= 4 is 41.7 Å². The van der Waals surface area contributed by atoms with Crippen molar-refractivity contribution in [2.24, 2.45) is 0 Å². The van der Waals surface area contributed by atoms with E-state index in [0.717, 1.165) is 11.8 Å². The van der Waals surface area contributed by atoms with E-state index >= 15 is 0 Å². The van der Waals surface area contributed by atoms with Crippen LogP contribution in [0.1, 0.15) is 17.2 Å². The van der Waals surface area contributed by atoms with Gasteiger partial charge in [0.1, 0.15) is 6.10 Å². The second kappa shape index (κ2) is 4.76. The van der Waals surface area contributed by atoms with Crippen LogP contribution >= 0.6 is 31.9 Å². The van der Waals surface area contributed by atoms with Crippen LogP contribution < -0.4 is 0 Å². The van der Waals surface area contributed by atoms with Crippen molar-refractivity contribution in [3.63, 3.8) is 0 Å². The van der Waals surface area contributed by atoms with E-state index in [0.29, 0.717) is 5.56 Å². The third-order valence-corrected chi connectivity index (χ3v) is 7.78. The van der Waals surface area contributed by atoms with Gasteiger partial charge in [-0.3, -0.25) is 0 Å². The first-order chi connectivity index (χ1) is 7.16. The van der Waals surface area contributed by atoms with Gasteiger partial charge in [0.25, 0.3) is 0 Å². The molecule has 0 saturated heterocycles. The normalized spacial score (nSPS) is 14.8. The summed E-state index contributed by atoms with van der Waals surface area (Å²) in [4.78, 5) is 0. The van der Waals surface area contributed by atoms with Crippen LogP contribution in [0.15, 0.2) is 24.3 Å². The highest BCUT2D eigenvalue weighted by Gasteiger charge is 2.43. The number of sulfone groups is 1. The molecule has 1 atom stereocenters. The van der Waals surface area contributed by atoms with Gasteiger partial charge in [-0.15, -0.1) is 0 Å². The molecule has 6 heteroatoms. The summed E-state index contributed by atoms with van der Waals surface area (Å²) >= 11 is 6.02. The van der Waals surface area contributed by atoms with Crippen LogP contribution in [0.3, 0.4) is 0 Å². The van der Waals surface area contributed by atoms with Gasteiger partial charge < -0.3 is 5.11 Å². The van der Waals surface area contributed by atoms with E-state index in [-0.39, 0.29) is 0 Å². The molecule has 0 spiro atoms. The van der Waals surface area contributed by atoms with E-state index in [4.69, 9.17) is 0 Å². The Hall–Kier alpha value is 0.0900. The summed E-state index contributed by atoms with van der Waals surface area (Å²) in [6.45, 7) is 1.88. The van der Waals surface area contributed by atoms with E-state index < -0.39 is 18.5 Å². The van der Waals surface area contributed by atoms with Gasteiger partial charge in [-0.25, -0.2) is 8.42 Å². The van der Waals surface area contributed by atoms with Crippen LogP contribution in [-0.4, -0.2) is 22.3 Å². The molecule has 0 saturated carbocycles. The number of benzene rings is 1. The van der Waals surface area contributed by atoms with Crippen molar-refractivity contribution in [2.75, 3.05) is 6.26 Å². The van der Waals surface area contributed by atoms with E-state index in [1.165, 1.54) is 0 Å². The fourth-order valence-electron chi connectivity index (χ4n) is 1.24. The van der Waals surface area contributed by atoms with E-state index in [1.54, 1.807) is 18.2 Å². The molecule has 0 heterocycles. The third-order valence-electron chi connectivity index (χ3n) is 2.17. The summed E-state index contributed by atoms with van der Waals surface area (Å²) in [7, 11) is -3.48. The SMILES string of the molecule is Cc1cccc([C@H](O)C(Br)(Br)S(C)(=O)=O)c1. The van der Waals surface area contributed by atoms with Gasteiger partial charge in [0, 0.05) is 6.26 Å². The Morgan fingerprint density at radius 1 is 1.38 bits per heavy atom. The molecule has 90 valence electrons. The second-order valence-electron chi connectivity index (χ2n) is 3.65. The van der Waals surface area contributed by atoms with Crippen molar-refractivity contribution in [1.82, 2.24) is 0 Å². The van der Waals surface area contributed by atoms with Gasteiger partial charge in [-0.1, -0.05) is 61.7 Å².